The Labute approximate surface area is 179 Å². The Hall–Kier alpha value is -3.18. The van der Waals surface area contributed by atoms with Crippen LogP contribution in [0.4, 0.5) is 0 Å². The smallest absolute Gasteiger partial charge is 0.326 e. The van der Waals surface area contributed by atoms with Crippen molar-refractivity contribution in [2.24, 2.45) is 0 Å². The van der Waals surface area contributed by atoms with E-state index in [-0.39, 0.29) is 11.9 Å². The molecule has 4 rings (SSSR count). The lowest BCUT2D eigenvalue weighted by Gasteiger charge is -2.29. The van der Waals surface area contributed by atoms with Gasteiger partial charge in [-0.05, 0) is 43.5 Å². The number of pyridine rings is 1. The average molecular weight is 421 g/mol. The van der Waals surface area contributed by atoms with Crippen molar-refractivity contribution in [3.63, 3.8) is 0 Å². The number of halogens is 1. The van der Waals surface area contributed by atoms with E-state index in [1.165, 1.54) is 4.90 Å². The fourth-order valence-electron chi connectivity index (χ4n) is 4.08. The van der Waals surface area contributed by atoms with Gasteiger partial charge in [0.15, 0.2) is 0 Å². The van der Waals surface area contributed by atoms with E-state index < -0.39 is 12.0 Å². The summed E-state index contributed by atoms with van der Waals surface area (Å²) >= 11 is 6.37. The molecule has 1 unspecified atom stereocenters. The first-order valence-corrected chi connectivity index (χ1v) is 10.2. The molecular weight excluding hydrogens is 400 g/mol. The van der Waals surface area contributed by atoms with E-state index in [1.54, 1.807) is 25.1 Å². The third-order valence-electron chi connectivity index (χ3n) is 5.55. The van der Waals surface area contributed by atoms with Gasteiger partial charge in [0.2, 0.25) is 0 Å². The average Bonchev–Trinajstić information content (AvgIpc) is 3.19. The van der Waals surface area contributed by atoms with Crippen LogP contribution in [0.3, 0.4) is 0 Å². The molecule has 30 heavy (non-hydrogen) atoms. The minimum Gasteiger partial charge on any atom is -0.480 e. The number of aryl methyl sites for hydroxylation is 1. The van der Waals surface area contributed by atoms with Gasteiger partial charge < -0.3 is 10.0 Å². The highest BCUT2D eigenvalue weighted by Crippen LogP contribution is 2.40. The second-order valence-electron chi connectivity index (χ2n) is 7.38. The second kappa shape index (κ2) is 8.28. The predicted molar refractivity (Wildman–Crippen MR) is 115 cm³/mol. The van der Waals surface area contributed by atoms with Crippen molar-refractivity contribution in [2.75, 3.05) is 0 Å². The van der Waals surface area contributed by atoms with Crippen LogP contribution in [0.25, 0.3) is 11.3 Å². The molecule has 2 atom stereocenters. The molecule has 1 fully saturated rings. The number of carbonyl (C=O) groups excluding carboxylic acids is 1. The zero-order valence-corrected chi connectivity index (χ0v) is 17.2. The van der Waals surface area contributed by atoms with Gasteiger partial charge in [-0.25, -0.2) is 4.79 Å². The Bertz CT molecular complexity index is 1100. The number of likely N-dealkylation sites (tertiary alicyclic amines) is 1. The van der Waals surface area contributed by atoms with Crippen LogP contribution in [0.2, 0.25) is 5.02 Å². The van der Waals surface area contributed by atoms with Crippen molar-refractivity contribution in [3.8, 4) is 11.3 Å². The van der Waals surface area contributed by atoms with Crippen LogP contribution < -0.4 is 0 Å². The summed E-state index contributed by atoms with van der Waals surface area (Å²) in [5.41, 5.74) is 3.46. The molecule has 2 heterocycles. The van der Waals surface area contributed by atoms with E-state index in [1.807, 2.05) is 48.5 Å². The Morgan fingerprint density at radius 2 is 1.70 bits per heavy atom. The molecule has 1 saturated heterocycles. The summed E-state index contributed by atoms with van der Waals surface area (Å²) in [7, 11) is 0. The summed E-state index contributed by atoms with van der Waals surface area (Å²) in [5, 5.41) is 10.3. The molecule has 1 aliphatic rings. The highest BCUT2D eigenvalue weighted by Gasteiger charge is 2.43. The molecule has 152 valence electrons. The fraction of sp³-hybridized carbons (Fsp3) is 0.208. The number of rotatable bonds is 4. The van der Waals surface area contributed by atoms with Gasteiger partial charge in [0.25, 0.3) is 5.91 Å². The molecule has 0 radical (unpaired) electrons. The van der Waals surface area contributed by atoms with Crippen molar-refractivity contribution in [1.82, 2.24) is 9.88 Å². The van der Waals surface area contributed by atoms with Gasteiger partial charge in [0.1, 0.15) is 6.04 Å². The van der Waals surface area contributed by atoms with Crippen LogP contribution in [-0.2, 0) is 4.79 Å². The molecule has 6 heteroatoms. The summed E-state index contributed by atoms with van der Waals surface area (Å²) in [6.45, 7) is 1.77. The molecule has 2 aromatic carbocycles. The number of carbonyl (C=O) groups is 2. The first-order chi connectivity index (χ1) is 14.5. The molecule has 5 nitrogen and oxygen atoms in total. The van der Waals surface area contributed by atoms with Crippen LogP contribution >= 0.6 is 11.6 Å². The molecule has 0 bridgehead atoms. The van der Waals surface area contributed by atoms with Crippen LogP contribution in [0.1, 0.15) is 40.5 Å². The molecule has 1 amide bonds. The molecule has 0 saturated carbocycles. The summed E-state index contributed by atoms with van der Waals surface area (Å²) in [5.74, 6) is -1.35. The Morgan fingerprint density at radius 3 is 2.37 bits per heavy atom. The van der Waals surface area contributed by atoms with Crippen molar-refractivity contribution >= 4 is 23.5 Å². The lowest BCUT2D eigenvalue weighted by Crippen LogP contribution is -2.42. The van der Waals surface area contributed by atoms with E-state index in [0.717, 1.165) is 16.8 Å². The number of benzene rings is 2. The minimum absolute atomic E-state index is 0.338. The van der Waals surface area contributed by atoms with Crippen molar-refractivity contribution < 1.29 is 14.7 Å². The number of amides is 1. The number of carboxylic acids is 1. The maximum absolute atomic E-state index is 13.5. The van der Waals surface area contributed by atoms with E-state index in [0.29, 0.717) is 29.1 Å². The Balaban J connectivity index is 1.72. The maximum Gasteiger partial charge on any atom is 0.326 e. The van der Waals surface area contributed by atoms with E-state index in [2.05, 4.69) is 4.98 Å². The standard InChI is InChI=1S/C24H21ClN2O3/c1-15-17(11-12-20(26-15)16-7-3-2-4-8-16)23(28)27-21(13-14-22(27)24(29)30)18-9-5-6-10-19(18)25/h2-12,21-22H,13-14H2,1H3,(H,29,30)/t21?,22-/m0/s1. The van der Waals surface area contributed by atoms with Gasteiger partial charge in [-0.15, -0.1) is 0 Å². The van der Waals surface area contributed by atoms with Gasteiger partial charge in [-0.2, -0.15) is 0 Å². The van der Waals surface area contributed by atoms with Crippen LogP contribution in [-0.4, -0.2) is 32.9 Å². The van der Waals surface area contributed by atoms with Crippen LogP contribution in [0, 0.1) is 6.92 Å². The molecule has 1 N–H and O–H groups in total. The highest BCUT2D eigenvalue weighted by molar-refractivity contribution is 6.31. The Kier molecular flexibility index (Phi) is 5.55. The topological polar surface area (TPSA) is 70.5 Å². The summed E-state index contributed by atoms with van der Waals surface area (Å²) < 4.78 is 0. The lowest BCUT2D eigenvalue weighted by atomic mass is 10.0. The number of carboxylic acid groups (broad SMARTS) is 1. The first kappa shape index (κ1) is 20.1. The quantitative estimate of drug-likeness (QED) is 0.634. The largest absolute Gasteiger partial charge is 0.480 e. The zero-order chi connectivity index (χ0) is 21.3. The second-order valence-corrected chi connectivity index (χ2v) is 7.78. The number of hydrogen-bond donors (Lipinski definition) is 1. The SMILES string of the molecule is Cc1nc(-c2ccccc2)ccc1C(=O)N1C(c2ccccc2Cl)CC[C@H]1C(=O)O. The van der Waals surface area contributed by atoms with Crippen LogP contribution in [0.15, 0.2) is 66.7 Å². The summed E-state index contributed by atoms with van der Waals surface area (Å²) in [4.78, 5) is 31.5. The lowest BCUT2D eigenvalue weighted by molar-refractivity contribution is -0.141. The van der Waals surface area contributed by atoms with Gasteiger partial charge in [0, 0.05) is 10.6 Å². The van der Waals surface area contributed by atoms with Crippen molar-refractivity contribution in [1.29, 1.82) is 0 Å². The number of nitrogens with zero attached hydrogens (tertiary/aromatic N) is 2. The molecule has 3 aromatic rings. The maximum atomic E-state index is 13.5. The molecule has 1 aliphatic heterocycles. The molecule has 0 spiro atoms. The first-order valence-electron chi connectivity index (χ1n) is 9.80. The van der Waals surface area contributed by atoms with E-state index in [9.17, 15) is 14.7 Å². The molecule has 0 aliphatic carbocycles. The van der Waals surface area contributed by atoms with Gasteiger partial charge in [-0.1, -0.05) is 60.1 Å². The normalized spacial score (nSPS) is 18.4. The number of aromatic nitrogens is 1. The Morgan fingerprint density at radius 1 is 1.00 bits per heavy atom. The van der Waals surface area contributed by atoms with Gasteiger partial charge in [-0.3, -0.25) is 9.78 Å². The number of hydrogen-bond acceptors (Lipinski definition) is 3. The zero-order valence-electron chi connectivity index (χ0n) is 16.5. The van der Waals surface area contributed by atoms with Crippen LogP contribution in [0.5, 0.6) is 0 Å². The predicted octanol–water partition coefficient (Wildman–Crippen LogP) is 5.14. The molecule has 1 aromatic heterocycles. The third-order valence-corrected chi connectivity index (χ3v) is 5.90. The highest BCUT2D eigenvalue weighted by atomic mass is 35.5. The fourth-order valence-corrected chi connectivity index (χ4v) is 4.34. The van der Waals surface area contributed by atoms with Gasteiger partial charge in [0.05, 0.1) is 23.0 Å². The van der Waals surface area contributed by atoms with Crippen molar-refractivity contribution in [2.45, 2.75) is 31.8 Å². The minimum atomic E-state index is -1.01. The van der Waals surface area contributed by atoms with Gasteiger partial charge >= 0.3 is 5.97 Å². The number of aliphatic carboxylic acids is 1. The van der Waals surface area contributed by atoms with Crippen molar-refractivity contribution in [3.05, 3.63) is 88.6 Å². The van der Waals surface area contributed by atoms with E-state index >= 15 is 0 Å². The summed E-state index contributed by atoms with van der Waals surface area (Å²) in [6, 6.07) is 19.2. The third kappa shape index (κ3) is 3.68. The monoisotopic (exact) mass is 420 g/mol. The summed E-state index contributed by atoms with van der Waals surface area (Å²) in [6.07, 6.45) is 0.923. The van der Waals surface area contributed by atoms with E-state index in [4.69, 9.17) is 11.6 Å². The molecular formula is C24H21ClN2O3.